The van der Waals surface area contributed by atoms with Crippen molar-refractivity contribution in [2.45, 2.75) is 19.1 Å². The third kappa shape index (κ3) is 5.52. The highest BCUT2D eigenvalue weighted by Gasteiger charge is 2.33. The molecular formula is C27H23F4N5O5S. The van der Waals surface area contributed by atoms with Gasteiger partial charge in [0.2, 0.25) is 0 Å². The summed E-state index contributed by atoms with van der Waals surface area (Å²) in [7, 11) is -1.50. The highest BCUT2D eigenvalue weighted by Crippen LogP contribution is 2.41. The molecule has 4 aromatic rings. The zero-order valence-electron chi connectivity index (χ0n) is 22.1. The molecule has 0 saturated heterocycles. The van der Waals surface area contributed by atoms with Gasteiger partial charge in [0.15, 0.2) is 5.82 Å². The molecule has 10 nitrogen and oxygen atoms in total. The van der Waals surface area contributed by atoms with E-state index in [1.807, 2.05) is 0 Å². The van der Waals surface area contributed by atoms with Crippen LogP contribution in [0.3, 0.4) is 0 Å². The summed E-state index contributed by atoms with van der Waals surface area (Å²) in [4.78, 5) is 13.1. The minimum atomic E-state index is -4.68. The van der Waals surface area contributed by atoms with Crippen LogP contribution in [0.4, 0.5) is 23.4 Å². The number of rotatable bonds is 7. The standard InChI is InChI=1S/C27H23F4N5O5S/c1-40-23-7-6-17(27(29,30)31)12-19(23)18-13-24(41-2)22(14-20(18)28)36-21-9-11-35(15-16(21)5-8-26(36)37)42(38,39)34-25-4-3-10-32-33-25/h3-8,10,12-14H,9,11,15H2,1-2H3,(H,33,34). The number of hydrogen-bond donors (Lipinski definition) is 1. The minimum Gasteiger partial charge on any atom is -0.496 e. The van der Waals surface area contributed by atoms with Crippen molar-refractivity contribution in [3.8, 4) is 28.3 Å². The molecule has 220 valence electrons. The second-order valence-corrected chi connectivity index (χ2v) is 10.9. The van der Waals surface area contributed by atoms with Crippen LogP contribution in [0, 0.1) is 5.82 Å². The summed E-state index contributed by atoms with van der Waals surface area (Å²) < 4.78 is 97.2. The van der Waals surface area contributed by atoms with Crippen LogP contribution >= 0.6 is 0 Å². The van der Waals surface area contributed by atoms with Crippen molar-refractivity contribution in [1.29, 1.82) is 0 Å². The Hall–Kier alpha value is -4.50. The van der Waals surface area contributed by atoms with Crippen molar-refractivity contribution < 1.29 is 35.5 Å². The van der Waals surface area contributed by atoms with E-state index in [1.54, 1.807) is 0 Å². The Morgan fingerprint density at radius 1 is 0.976 bits per heavy atom. The van der Waals surface area contributed by atoms with Gasteiger partial charge in [0.1, 0.15) is 17.3 Å². The number of methoxy groups -OCH3 is 2. The second-order valence-electron chi connectivity index (χ2n) is 9.20. The number of nitrogens with one attached hydrogen (secondary N) is 1. The zero-order valence-corrected chi connectivity index (χ0v) is 23.0. The molecule has 15 heteroatoms. The van der Waals surface area contributed by atoms with Gasteiger partial charge in [-0.25, -0.2) is 4.39 Å². The van der Waals surface area contributed by atoms with Crippen molar-refractivity contribution in [1.82, 2.24) is 19.1 Å². The lowest BCUT2D eigenvalue weighted by Gasteiger charge is -2.30. The molecule has 3 heterocycles. The first-order valence-corrected chi connectivity index (χ1v) is 13.8. The van der Waals surface area contributed by atoms with Crippen LogP contribution in [-0.4, -0.2) is 48.3 Å². The molecule has 2 aromatic heterocycles. The van der Waals surface area contributed by atoms with Crippen molar-refractivity contribution in [2.75, 3.05) is 25.5 Å². The highest BCUT2D eigenvalue weighted by molar-refractivity contribution is 7.90. The Balaban J connectivity index is 1.56. The average molecular weight is 606 g/mol. The fourth-order valence-electron chi connectivity index (χ4n) is 4.74. The number of anilines is 1. The molecule has 0 spiro atoms. The van der Waals surface area contributed by atoms with Gasteiger partial charge in [-0.3, -0.25) is 14.1 Å². The first kappa shape index (κ1) is 29.0. The molecule has 42 heavy (non-hydrogen) atoms. The molecule has 0 radical (unpaired) electrons. The first-order chi connectivity index (χ1) is 19.9. The predicted molar refractivity (Wildman–Crippen MR) is 144 cm³/mol. The Labute approximate surface area is 237 Å². The SMILES string of the molecule is COc1ccc(C(F)(F)F)cc1-c1cc(OC)c(-n2c3c(ccc2=O)CN(S(=O)(=O)Nc2cccnn2)CC3)cc1F. The summed E-state index contributed by atoms with van der Waals surface area (Å²) in [6.45, 7) is -0.119. The number of pyridine rings is 1. The third-order valence-electron chi connectivity index (χ3n) is 6.70. The zero-order chi connectivity index (χ0) is 30.2. The number of halogens is 4. The highest BCUT2D eigenvalue weighted by atomic mass is 32.2. The van der Waals surface area contributed by atoms with Crippen LogP contribution in [0.1, 0.15) is 16.8 Å². The molecule has 1 N–H and O–H groups in total. The van der Waals surface area contributed by atoms with E-state index in [1.165, 1.54) is 59.6 Å². The van der Waals surface area contributed by atoms with Crippen LogP contribution < -0.4 is 19.8 Å². The molecule has 0 unspecified atom stereocenters. The van der Waals surface area contributed by atoms with Gasteiger partial charge >= 0.3 is 16.4 Å². The van der Waals surface area contributed by atoms with E-state index in [0.29, 0.717) is 11.3 Å². The van der Waals surface area contributed by atoms with Crippen LogP contribution in [0.15, 0.2) is 65.6 Å². The second kappa shape index (κ2) is 11.1. The number of nitrogens with zero attached hydrogens (tertiary/aromatic N) is 4. The van der Waals surface area contributed by atoms with Gasteiger partial charge in [0.05, 0.1) is 25.5 Å². The number of hydrogen-bond acceptors (Lipinski definition) is 7. The van der Waals surface area contributed by atoms with Crippen molar-refractivity contribution in [3.63, 3.8) is 0 Å². The van der Waals surface area contributed by atoms with Crippen molar-refractivity contribution in [3.05, 3.63) is 93.8 Å². The van der Waals surface area contributed by atoms with Gasteiger partial charge in [-0.2, -0.15) is 31.0 Å². The fourth-order valence-corrected chi connectivity index (χ4v) is 5.88. The molecule has 0 fully saturated rings. The lowest BCUT2D eigenvalue weighted by Crippen LogP contribution is -2.41. The monoisotopic (exact) mass is 605 g/mol. The maximum absolute atomic E-state index is 15.7. The lowest BCUT2D eigenvalue weighted by molar-refractivity contribution is -0.137. The Bertz CT molecular complexity index is 1810. The number of fused-ring (bicyclic) bond motifs is 1. The largest absolute Gasteiger partial charge is 0.496 e. The van der Waals surface area contributed by atoms with Gasteiger partial charge in [0, 0.05) is 54.7 Å². The summed E-state index contributed by atoms with van der Waals surface area (Å²) >= 11 is 0. The molecule has 2 aromatic carbocycles. The molecule has 0 amide bonds. The normalized spacial score (nSPS) is 13.9. The molecule has 1 aliphatic heterocycles. The molecule has 5 rings (SSSR count). The van der Waals surface area contributed by atoms with Crippen LogP contribution in [0.5, 0.6) is 11.5 Å². The molecule has 0 bridgehead atoms. The topological polar surface area (TPSA) is 116 Å². The van der Waals surface area contributed by atoms with Crippen LogP contribution in [0.25, 0.3) is 16.8 Å². The number of benzene rings is 2. The molecule has 0 saturated carbocycles. The smallest absolute Gasteiger partial charge is 0.416 e. The van der Waals surface area contributed by atoms with Crippen molar-refractivity contribution >= 4 is 16.0 Å². The van der Waals surface area contributed by atoms with Gasteiger partial charge in [-0.05, 0) is 42.0 Å². The molecular weight excluding hydrogens is 582 g/mol. The number of aromatic nitrogens is 3. The number of ether oxygens (including phenoxy) is 2. The maximum atomic E-state index is 15.7. The van der Waals surface area contributed by atoms with Crippen LogP contribution in [0.2, 0.25) is 0 Å². The molecule has 0 atom stereocenters. The van der Waals surface area contributed by atoms with Crippen LogP contribution in [-0.2, 0) is 29.4 Å². The van der Waals surface area contributed by atoms with Gasteiger partial charge in [-0.15, -0.1) is 5.10 Å². The van der Waals surface area contributed by atoms with Crippen molar-refractivity contribution in [2.24, 2.45) is 0 Å². The third-order valence-corrected chi connectivity index (χ3v) is 8.16. The summed E-state index contributed by atoms with van der Waals surface area (Å²) in [6.07, 6.45) is -3.20. The van der Waals surface area contributed by atoms with E-state index in [0.717, 1.165) is 24.3 Å². The fraction of sp³-hybridized carbons (Fsp3) is 0.222. The van der Waals surface area contributed by atoms with Gasteiger partial charge in [-0.1, -0.05) is 6.07 Å². The van der Waals surface area contributed by atoms with E-state index < -0.39 is 33.3 Å². The van der Waals surface area contributed by atoms with E-state index in [4.69, 9.17) is 9.47 Å². The Morgan fingerprint density at radius 3 is 2.40 bits per heavy atom. The lowest BCUT2D eigenvalue weighted by atomic mass is 9.99. The van der Waals surface area contributed by atoms with E-state index >= 15 is 4.39 Å². The Kier molecular flexibility index (Phi) is 7.64. The predicted octanol–water partition coefficient (Wildman–Crippen LogP) is 4.18. The summed E-state index contributed by atoms with van der Waals surface area (Å²) in [6, 6.07) is 10.6. The summed E-state index contributed by atoms with van der Waals surface area (Å²) in [5.41, 5.74) is -1.02. The van der Waals surface area contributed by atoms with Gasteiger partial charge < -0.3 is 9.47 Å². The molecule has 0 aliphatic carbocycles. The average Bonchev–Trinajstić information content (AvgIpc) is 2.96. The quantitative estimate of drug-likeness (QED) is 0.314. The van der Waals surface area contributed by atoms with E-state index in [2.05, 4.69) is 14.9 Å². The first-order valence-electron chi connectivity index (χ1n) is 12.4. The number of alkyl halides is 3. The summed E-state index contributed by atoms with van der Waals surface area (Å²) in [5.74, 6) is -0.893. The molecule has 1 aliphatic rings. The maximum Gasteiger partial charge on any atom is 0.416 e. The van der Waals surface area contributed by atoms with E-state index in [-0.39, 0.29) is 53.6 Å². The van der Waals surface area contributed by atoms with E-state index in [9.17, 15) is 26.4 Å². The summed E-state index contributed by atoms with van der Waals surface area (Å²) in [5, 5.41) is 7.37. The van der Waals surface area contributed by atoms with Gasteiger partial charge in [0.25, 0.3) is 5.56 Å². The Morgan fingerprint density at radius 2 is 1.74 bits per heavy atom. The minimum absolute atomic E-state index is 0.000495.